The van der Waals surface area contributed by atoms with Gasteiger partial charge < -0.3 is 13.9 Å². The number of aromatic nitrogens is 2. The third-order valence-corrected chi connectivity index (χ3v) is 3.49. The third kappa shape index (κ3) is 3.07. The van der Waals surface area contributed by atoms with Gasteiger partial charge in [0.1, 0.15) is 5.54 Å². The lowest BCUT2D eigenvalue weighted by Gasteiger charge is -2.23. The summed E-state index contributed by atoms with van der Waals surface area (Å²) < 4.78 is 11.3. The molecule has 20 heavy (non-hydrogen) atoms. The predicted molar refractivity (Wildman–Crippen MR) is 72.9 cm³/mol. The van der Waals surface area contributed by atoms with Gasteiger partial charge in [-0.25, -0.2) is 0 Å². The number of hydrogen-bond acceptors (Lipinski definition) is 6. The number of carbonyl (C=O) groups is 1. The Morgan fingerprint density at radius 2 is 2.20 bits per heavy atom. The van der Waals surface area contributed by atoms with Crippen LogP contribution in [0.2, 0.25) is 0 Å². The summed E-state index contributed by atoms with van der Waals surface area (Å²) in [5, 5.41) is 19.7. The van der Waals surface area contributed by atoms with Gasteiger partial charge in [0.25, 0.3) is 5.89 Å². The molecular formula is C12H14BrN3O4. The van der Waals surface area contributed by atoms with Crippen molar-refractivity contribution in [2.24, 2.45) is 0 Å². The van der Waals surface area contributed by atoms with Crippen molar-refractivity contribution in [1.29, 1.82) is 0 Å². The van der Waals surface area contributed by atoms with Crippen LogP contribution in [0.4, 0.5) is 0 Å². The quantitative estimate of drug-likeness (QED) is 0.830. The van der Waals surface area contributed by atoms with Crippen LogP contribution in [0.5, 0.6) is 0 Å². The molecule has 0 saturated heterocycles. The summed E-state index contributed by atoms with van der Waals surface area (Å²) in [5.74, 6) is 0.0799. The normalized spacial score (nSPS) is 14.2. The van der Waals surface area contributed by atoms with Gasteiger partial charge in [-0.05, 0) is 41.4 Å². The molecule has 2 N–H and O–H groups in total. The zero-order valence-electron chi connectivity index (χ0n) is 11.0. The summed E-state index contributed by atoms with van der Waals surface area (Å²) in [4.78, 5) is 11.2. The van der Waals surface area contributed by atoms with Crippen molar-refractivity contribution in [1.82, 2.24) is 15.5 Å². The fraction of sp³-hybridized carbons (Fsp3) is 0.417. The first-order valence-electron chi connectivity index (χ1n) is 6.01. The number of nitrogens with zero attached hydrogens (tertiary/aromatic N) is 2. The van der Waals surface area contributed by atoms with Gasteiger partial charge in [0.2, 0.25) is 5.89 Å². The van der Waals surface area contributed by atoms with Crippen molar-refractivity contribution in [2.45, 2.75) is 32.4 Å². The Hall–Kier alpha value is -1.67. The Morgan fingerprint density at radius 1 is 1.45 bits per heavy atom. The van der Waals surface area contributed by atoms with E-state index in [0.717, 1.165) is 0 Å². The number of carboxylic acid groups (broad SMARTS) is 1. The van der Waals surface area contributed by atoms with Crippen LogP contribution < -0.4 is 5.32 Å². The molecule has 0 aliphatic carbocycles. The molecule has 2 aromatic rings. The van der Waals surface area contributed by atoms with Gasteiger partial charge in [0.15, 0.2) is 10.4 Å². The summed E-state index contributed by atoms with van der Waals surface area (Å²) in [6.07, 6.45) is 0.439. The molecule has 8 heteroatoms. The van der Waals surface area contributed by atoms with Crippen LogP contribution in [-0.4, -0.2) is 26.8 Å². The molecule has 0 aliphatic heterocycles. The minimum atomic E-state index is -1.03. The summed E-state index contributed by atoms with van der Waals surface area (Å²) in [7, 11) is 0. The lowest BCUT2D eigenvalue weighted by molar-refractivity contribution is -0.144. The van der Waals surface area contributed by atoms with Crippen LogP contribution in [0.3, 0.4) is 0 Å². The fourth-order valence-electron chi connectivity index (χ4n) is 1.48. The van der Waals surface area contributed by atoms with Crippen LogP contribution >= 0.6 is 15.9 Å². The molecule has 0 aliphatic rings. The minimum absolute atomic E-state index is 0.172. The Kier molecular flexibility index (Phi) is 4.24. The van der Waals surface area contributed by atoms with Gasteiger partial charge in [0, 0.05) is 0 Å². The van der Waals surface area contributed by atoms with Gasteiger partial charge in [-0.3, -0.25) is 10.1 Å². The number of furan rings is 1. The first-order chi connectivity index (χ1) is 9.44. The molecular weight excluding hydrogens is 330 g/mol. The van der Waals surface area contributed by atoms with Gasteiger partial charge in [-0.1, -0.05) is 6.92 Å². The maximum Gasteiger partial charge on any atom is 0.323 e. The average molecular weight is 344 g/mol. The summed E-state index contributed by atoms with van der Waals surface area (Å²) in [6.45, 7) is 3.57. The van der Waals surface area contributed by atoms with Gasteiger partial charge in [-0.2, -0.15) is 0 Å². The van der Waals surface area contributed by atoms with E-state index in [1.165, 1.54) is 0 Å². The highest BCUT2D eigenvalue weighted by Crippen LogP contribution is 2.23. The van der Waals surface area contributed by atoms with E-state index in [0.29, 0.717) is 22.7 Å². The monoisotopic (exact) mass is 343 g/mol. The Balaban J connectivity index is 2.05. The molecule has 2 heterocycles. The first-order valence-corrected chi connectivity index (χ1v) is 6.80. The largest absolute Gasteiger partial charge is 0.480 e. The summed E-state index contributed by atoms with van der Waals surface area (Å²) in [5.41, 5.74) is -1.03. The third-order valence-electron chi connectivity index (χ3n) is 3.06. The van der Waals surface area contributed by atoms with Crippen molar-refractivity contribution >= 4 is 21.9 Å². The molecule has 0 bridgehead atoms. The van der Waals surface area contributed by atoms with Crippen molar-refractivity contribution in [3.05, 3.63) is 22.7 Å². The highest BCUT2D eigenvalue weighted by Gasteiger charge is 2.30. The van der Waals surface area contributed by atoms with E-state index >= 15 is 0 Å². The highest BCUT2D eigenvalue weighted by molar-refractivity contribution is 9.10. The molecule has 0 amide bonds. The Morgan fingerprint density at radius 3 is 2.75 bits per heavy atom. The predicted octanol–water partition coefficient (Wildman–Crippen LogP) is 2.43. The molecule has 2 rings (SSSR count). The van der Waals surface area contributed by atoms with Gasteiger partial charge >= 0.3 is 5.97 Å². The molecule has 7 nitrogen and oxygen atoms in total. The zero-order valence-corrected chi connectivity index (χ0v) is 12.6. The van der Waals surface area contributed by atoms with Crippen molar-refractivity contribution in [3.8, 4) is 11.7 Å². The van der Waals surface area contributed by atoms with E-state index in [4.69, 9.17) is 13.9 Å². The zero-order chi connectivity index (χ0) is 14.8. The summed E-state index contributed by atoms with van der Waals surface area (Å²) in [6, 6.07) is 3.41. The number of rotatable bonds is 6. The summed E-state index contributed by atoms with van der Waals surface area (Å²) >= 11 is 3.18. The first kappa shape index (κ1) is 14.7. The molecule has 0 spiro atoms. The number of carboxylic acids is 1. The van der Waals surface area contributed by atoms with E-state index < -0.39 is 11.5 Å². The second kappa shape index (κ2) is 5.76. The van der Waals surface area contributed by atoms with Gasteiger partial charge in [0.05, 0.1) is 6.54 Å². The highest BCUT2D eigenvalue weighted by atomic mass is 79.9. The molecule has 0 fully saturated rings. The van der Waals surface area contributed by atoms with Gasteiger partial charge in [-0.15, -0.1) is 10.2 Å². The lowest BCUT2D eigenvalue weighted by atomic mass is 9.99. The van der Waals surface area contributed by atoms with E-state index in [-0.39, 0.29) is 12.4 Å². The number of aliphatic carboxylic acids is 1. The standard InChI is InChI=1S/C12H14BrN3O4/c1-3-12(2,11(17)18)14-6-9-15-16-10(20-9)7-4-5-8(13)19-7/h4-5,14H,3,6H2,1-2H3,(H,17,18). The molecule has 0 saturated carbocycles. The molecule has 2 aromatic heterocycles. The fourth-order valence-corrected chi connectivity index (χ4v) is 1.78. The SMILES string of the molecule is CCC(C)(NCc1nnc(-c2ccc(Br)o2)o1)C(=O)O. The lowest BCUT2D eigenvalue weighted by Crippen LogP contribution is -2.48. The second-order valence-electron chi connectivity index (χ2n) is 4.45. The smallest absolute Gasteiger partial charge is 0.323 e. The average Bonchev–Trinajstić information content (AvgIpc) is 3.04. The maximum atomic E-state index is 11.2. The van der Waals surface area contributed by atoms with E-state index in [9.17, 15) is 4.79 Å². The van der Waals surface area contributed by atoms with Crippen molar-refractivity contribution in [2.75, 3.05) is 0 Å². The van der Waals surface area contributed by atoms with E-state index in [1.54, 1.807) is 26.0 Å². The molecule has 0 radical (unpaired) electrons. The van der Waals surface area contributed by atoms with Crippen molar-refractivity contribution < 1.29 is 18.7 Å². The van der Waals surface area contributed by atoms with E-state index in [1.807, 2.05) is 0 Å². The minimum Gasteiger partial charge on any atom is -0.480 e. The molecule has 0 aromatic carbocycles. The van der Waals surface area contributed by atoms with E-state index in [2.05, 4.69) is 31.4 Å². The maximum absolute atomic E-state index is 11.2. The van der Waals surface area contributed by atoms with Crippen LogP contribution in [0.25, 0.3) is 11.7 Å². The topological polar surface area (TPSA) is 101 Å². The number of nitrogens with one attached hydrogen (secondary N) is 1. The Bertz CT molecular complexity index is 609. The second-order valence-corrected chi connectivity index (χ2v) is 5.23. The Labute approximate surface area is 123 Å². The van der Waals surface area contributed by atoms with Crippen LogP contribution in [0.15, 0.2) is 25.6 Å². The van der Waals surface area contributed by atoms with Crippen LogP contribution in [0.1, 0.15) is 26.2 Å². The van der Waals surface area contributed by atoms with Crippen molar-refractivity contribution in [3.63, 3.8) is 0 Å². The number of halogens is 1. The molecule has 108 valence electrons. The molecule has 1 unspecified atom stereocenters. The van der Waals surface area contributed by atoms with Crippen LogP contribution in [0, 0.1) is 0 Å². The number of hydrogen-bond donors (Lipinski definition) is 2. The molecule has 1 atom stereocenters. The van der Waals surface area contributed by atoms with Crippen LogP contribution in [-0.2, 0) is 11.3 Å².